The van der Waals surface area contributed by atoms with E-state index >= 15 is 0 Å². The third-order valence-electron chi connectivity index (χ3n) is 3.92. The maximum Gasteiger partial charge on any atom is 0.149 e. The summed E-state index contributed by atoms with van der Waals surface area (Å²) in [6.07, 6.45) is 2.02. The summed E-state index contributed by atoms with van der Waals surface area (Å²) in [5, 5.41) is 11.7. The van der Waals surface area contributed by atoms with E-state index in [4.69, 9.17) is 4.74 Å². The van der Waals surface area contributed by atoms with E-state index in [9.17, 15) is 5.11 Å². The molecule has 1 saturated heterocycles. The number of hydrogen-bond acceptors (Lipinski definition) is 5. The summed E-state index contributed by atoms with van der Waals surface area (Å²) in [6.45, 7) is 3.80. The zero-order valence-corrected chi connectivity index (χ0v) is 15.5. The zero-order chi connectivity index (χ0) is 17.9. The van der Waals surface area contributed by atoms with Gasteiger partial charge in [0.2, 0.25) is 0 Å². The molecule has 25 heavy (non-hydrogen) atoms. The number of methoxy groups -OCH3 is 1. The van der Waals surface area contributed by atoms with Gasteiger partial charge in [-0.05, 0) is 56.3 Å². The third-order valence-corrected chi connectivity index (χ3v) is 5.21. The Labute approximate surface area is 152 Å². The molecule has 0 bridgehead atoms. The van der Waals surface area contributed by atoms with Crippen LogP contribution in [0.5, 0.6) is 5.75 Å². The van der Waals surface area contributed by atoms with Gasteiger partial charge in [-0.2, -0.15) is 0 Å². The van der Waals surface area contributed by atoms with Crippen molar-refractivity contribution in [3.63, 3.8) is 0 Å². The topological polar surface area (TPSA) is 45.1 Å². The van der Waals surface area contributed by atoms with E-state index in [0.29, 0.717) is 5.75 Å². The van der Waals surface area contributed by atoms with Crippen LogP contribution >= 0.6 is 11.8 Å². The van der Waals surface area contributed by atoms with Crippen molar-refractivity contribution in [2.45, 2.75) is 19.6 Å². The molecule has 0 aromatic heterocycles. The van der Waals surface area contributed by atoms with E-state index in [1.54, 1.807) is 18.9 Å². The van der Waals surface area contributed by atoms with Crippen LogP contribution in [-0.4, -0.2) is 29.4 Å². The molecular formula is C20H22N2O2S. The summed E-state index contributed by atoms with van der Waals surface area (Å²) in [6, 6.07) is 17.6. The van der Waals surface area contributed by atoms with E-state index in [1.165, 1.54) is 0 Å². The van der Waals surface area contributed by atoms with Crippen molar-refractivity contribution in [2.24, 2.45) is 4.99 Å². The highest BCUT2D eigenvalue weighted by Gasteiger charge is 2.38. The van der Waals surface area contributed by atoms with Crippen LogP contribution < -0.4 is 9.64 Å². The second-order valence-electron chi connectivity index (χ2n) is 6.11. The lowest BCUT2D eigenvalue weighted by molar-refractivity contribution is 0.0950. The maximum atomic E-state index is 10.7. The normalized spacial score (nSPS) is 22.5. The molecule has 0 saturated carbocycles. The highest BCUT2D eigenvalue weighted by atomic mass is 32.2. The first-order valence-electron chi connectivity index (χ1n) is 8.11. The zero-order valence-electron chi connectivity index (χ0n) is 14.6. The van der Waals surface area contributed by atoms with Crippen molar-refractivity contribution in [1.29, 1.82) is 0 Å². The monoisotopic (exact) mass is 354 g/mol. The van der Waals surface area contributed by atoms with Crippen LogP contribution in [-0.2, 0) is 0 Å². The van der Waals surface area contributed by atoms with Gasteiger partial charge < -0.3 is 14.7 Å². The SMILES string of the molecule is COc1ccc(N=C(C)/C=C2\SC[C@@](C)(O)N2c2ccccc2)cc1. The number of thioether (sulfide) groups is 1. The van der Waals surface area contributed by atoms with Gasteiger partial charge in [-0.25, -0.2) is 0 Å². The molecule has 2 aromatic rings. The van der Waals surface area contributed by atoms with Crippen molar-refractivity contribution in [3.05, 3.63) is 65.7 Å². The fourth-order valence-electron chi connectivity index (χ4n) is 2.74. The van der Waals surface area contributed by atoms with Crippen molar-refractivity contribution in [3.8, 4) is 5.75 Å². The second kappa shape index (κ2) is 7.33. The summed E-state index contributed by atoms with van der Waals surface area (Å²) in [7, 11) is 1.65. The fraction of sp³-hybridized carbons (Fsp3) is 0.250. The van der Waals surface area contributed by atoms with Crippen LogP contribution in [0.3, 0.4) is 0 Å². The number of hydrogen-bond donors (Lipinski definition) is 1. The Morgan fingerprint density at radius 2 is 1.88 bits per heavy atom. The van der Waals surface area contributed by atoms with Crippen LogP contribution in [0.4, 0.5) is 11.4 Å². The molecule has 1 aliphatic heterocycles. The van der Waals surface area contributed by atoms with E-state index in [1.807, 2.05) is 79.4 Å². The molecule has 2 aromatic carbocycles. The van der Waals surface area contributed by atoms with E-state index < -0.39 is 5.72 Å². The largest absolute Gasteiger partial charge is 0.497 e. The number of aliphatic imine (C=N–C) groups is 1. The van der Waals surface area contributed by atoms with Crippen LogP contribution in [0, 0.1) is 0 Å². The van der Waals surface area contributed by atoms with Gasteiger partial charge in [0.05, 0.1) is 17.8 Å². The minimum absolute atomic E-state index is 0.615. The Kier molecular flexibility index (Phi) is 5.16. The van der Waals surface area contributed by atoms with Gasteiger partial charge in [-0.3, -0.25) is 4.99 Å². The Bertz CT molecular complexity index is 783. The summed E-state index contributed by atoms with van der Waals surface area (Å²) in [4.78, 5) is 6.60. The number of ether oxygens (including phenoxy) is 1. The fourth-order valence-corrected chi connectivity index (χ4v) is 3.97. The van der Waals surface area contributed by atoms with Gasteiger partial charge in [0.15, 0.2) is 0 Å². The Morgan fingerprint density at radius 1 is 1.20 bits per heavy atom. The highest BCUT2D eigenvalue weighted by molar-refractivity contribution is 8.03. The minimum Gasteiger partial charge on any atom is -0.497 e. The van der Waals surface area contributed by atoms with Gasteiger partial charge in [0.25, 0.3) is 0 Å². The van der Waals surface area contributed by atoms with E-state index in [-0.39, 0.29) is 0 Å². The Hall–Kier alpha value is -2.24. The summed E-state index contributed by atoms with van der Waals surface area (Å²) >= 11 is 1.63. The lowest BCUT2D eigenvalue weighted by atomic mass is 10.2. The average Bonchev–Trinajstić information content (AvgIpc) is 2.90. The number of anilines is 1. The maximum absolute atomic E-state index is 10.7. The molecule has 1 fully saturated rings. The van der Waals surface area contributed by atoms with Crippen LogP contribution in [0.25, 0.3) is 0 Å². The molecule has 1 heterocycles. The molecule has 1 aliphatic rings. The average molecular weight is 354 g/mol. The molecule has 130 valence electrons. The van der Waals surface area contributed by atoms with Gasteiger partial charge in [-0.1, -0.05) is 18.2 Å². The first kappa shape index (κ1) is 17.6. The number of aliphatic hydroxyl groups is 1. The van der Waals surface area contributed by atoms with Crippen molar-refractivity contribution in [1.82, 2.24) is 0 Å². The molecule has 0 aliphatic carbocycles. The molecule has 1 N–H and O–H groups in total. The molecule has 3 rings (SSSR count). The summed E-state index contributed by atoms with van der Waals surface area (Å²) in [5.41, 5.74) is 1.81. The standard InChI is InChI=1S/C20H22N2O2S/c1-15(21-16-9-11-18(24-3)12-10-16)13-19-22(20(2,23)14-25-19)17-7-5-4-6-8-17/h4-13,23H,14H2,1-3H3/b19-13-,21-15?/t20-/m1/s1. The number of benzene rings is 2. The van der Waals surface area contributed by atoms with E-state index in [2.05, 4.69) is 4.99 Å². The number of para-hydroxylation sites is 1. The van der Waals surface area contributed by atoms with Crippen molar-refractivity contribution in [2.75, 3.05) is 17.8 Å². The first-order chi connectivity index (χ1) is 12.0. The van der Waals surface area contributed by atoms with Crippen LogP contribution in [0.15, 0.2) is 70.7 Å². The minimum atomic E-state index is -0.918. The molecule has 0 spiro atoms. The summed E-state index contributed by atoms with van der Waals surface area (Å²) in [5.74, 6) is 1.43. The van der Waals surface area contributed by atoms with Gasteiger partial charge >= 0.3 is 0 Å². The second-order valence-corrected chi connectivity index (χ2v) is 7.11. The smallest absolute Gasteiger partial charge is 0.149 e. The van der Waals surface area contributed by atoms with Gasteiger partial charge in [0, 0.05) is 17.2 Å². The van der Waals surface area contributed by atoms with Gasteiger partial charge in [-0.15, -0.1) is 11.8 Å². The van der Waals surface area contributed by atoms with Crippen molar-refractivity contribution >= 4 is 28.8 Å². The number of rotatable bonds is 4. The number of allylic oxidation sites excluding steroid dienone is 1. The van der Waals surface area contributed by atoms with E-state index in [0.717, 1.165) is 27.9 Å². The lowest BCUT2D eigenvalue weighted by Crippen LogP contribution is -2.42. The third kappa shape index (κ3) is 4.06. The molecule has 4 nitrogen and oxygen atoms in total. The van der Waals surface area contributed by atoms with Crippen LogP contribution in [0.1, 0.15) is 13.8 Å². The Balaban J connectivity index is 1.88. The molecule has 0 radical (unpaired) electrons. The molecule has 5 heteroatoms. The van der Waals surface area contributed by atoms with Gasteiger partial charge in [0.1, 0.15) is 11.5 Å². The predicted molar refractivity (Wildman–Crippen MR) is 106 cm³/mol. The number of nitrogens with zero attached hydrogens (tertiary/aromatic N) is 2. The van der Waals surface area contributed by atoms with Crippen molar-refractivity contribution < 1.29 is 9.84 Å². The lowest BCUT2D eigenvalue weighted by Gasteiger charge is -2.31. The predicted octanol–water partition coefficient (Wildman–Crippen LogP) is 4.59. The Morgan fingerprint density at radius 3 is 2.52 bits per heavy atom. The molecule has 1 atom stereocenters. The summed E-state index contributed by atoms with van der Waals surface area (Å²) < 4.78 is 5.17. The first-order valence-corrected chi connectivity index (χ1v) is 9.10. The molecule has 0 amide bonds. The quantitative estimate of drug-likeness (QED) is 0.816. The highest BCUT2D eigenvalue weighted by Crippen LogP contribution is 2.41. The van der Waals surface area contributed by atoms with Crippen LogP contribution in [0.2, 0.25) is 0 Å². The molecule has 0 unspecified atom stereocenters. The molecular weight excluding hydrogens is 332 g/mol.